The van der Waals surface area contributed by atoms with Gasteiger partial charge in [-0.15, -0.1) is 0 Å². The van der Waals surface area contributed by atoms with Gasteiger partial charge in [0.05, 0.1) is 12.5 Å². The second kappa shape index (κ2) is 7.99. The number of benzene rings is 2. The van der Waals surface area contributed by atoms with Crippen LogP contribution in [0, 0.1) is 5.82 Å². The zero-order valence-corrected chi connectivity index (χ0v) is 16.6. The number of likely N-dealkylation sites (tertiary alicyclic amines) is 1. The largest absolute Gasteiger partial charge is 0.339 e. The summed E-state index contributed by atoms with van der Waals surface area (Å²) in [5.41, 5.74) is 2.87. The van der Waals surface area contributed by atoms with E-state index >= 15 is 0 Å². The average molecular weight is 406 g/mol. The molecule has 0 N–H and O–H groups in total. The zero-order chi connectivity index (χ0) is 20.5. The first-order chi connectivity index (χ1) is 14.7. The minimum absolute atomic E-state index is 0.0761. The molecule has 1 saturated heterocycles. The average Bonchev–Trinajstić information content (AvgIpc) is 3.42. The summed E-state index contributed by atoms with van der Waals surface area (Å²) >= 11 is 0. The summed E-state index contributed by atoms with van der Waals surface area (Å²) in [6.45, 7) is 2.71. The zero-order valence-electron chi connectivity index (χ0n) is 16.6. The number of piperidine rings is 1. The van der Waals surface area contributed by atoms with Crippen molar-refractivity contribution in [2.45, 2.75) is 25.2 Å². The summed E-state index contributed by atoms with van der Waals surface area (Å²) in [7, 11) is 0. The lowest BCUT2D eigenvalue weighted by Crippen LogP contribution is -2.43. The first-order valence-electron chi connectivity index (χ1n) is 10.4. The fourth-order valence-corrected chi connectivity index (χ4v) is 4.42. The van der Waals surface area contributed by atoms with Crippen molar-refractivity contribution in [3.05, 3.63) is 65.8 Å². The van der Waals surface area contributed by atoms with Crippen molar-refractivity contribution in [3.63, 3.8) is 0 Å². The molecule has 30 heavy (non-hydrogen) atoms. The normalized spacial score (nSPS) is 19.1. The molecule has 5 rings (SSSR count). The molecule has 1 amide bonds. The minimum Gasteiger partial charge on any atom is -0.339 e. The third-order valence-corrected chi connectivity index (χ3v) is 5.93. The molecular formula is C23H23FN4O2. The summed E-state index contributed by atoms with van der Waals surface area (Å²) < 4.78 is 19.0. The number of para-hydroxylation sites is 1. The Balaban J connectivity index is 1.25. The van der Waals surface area contributed by atoms with E-state index < -0.39 is 0 Å². The van der Waals surface area contributed by atoms with Crippen LogP contribution in [0.2, 0.25) is 0 Å². The maximum atomic E-state index is 13.5. The van der Waals surface area contributed by atoms with E-state index in [-0.39, 0.29) is 17.6 Å². The van der Waals surface area contributed by atoms with Crippen molar-refractivity contribution in [2.24, 2.45) is 0 Å². The molecule has 1 atom stereocenters. The number of aromatic nitrogens is 2. The van der Waals surface area contributed by atoms with Gasteiger partial charge in [0.25, 0.3) is 0 Å². The second-order valence-electron chi connectivity index (χ2n) is 7.96. The van der Waals surface area contributed by atoms with Crippen molar-refractivity contribution in [3.8, 4) is 11.4 Å². The Morgan fingerprint density at radius 1 is 1.17 bits per heavy atom. The van der Waals surface area contributed by atoms with Crippen molar-refractivity contribution in [2.75, 3.05) is 31.1 Å². The molecular weight excluding hydrogens is 383 g/mol. The minimum atomic E-state index is -0.329. The molecule has 2 aliphatic rings. The van der Waals surface area contributed by atoms with E-state index in [4.69, 9.17) is 4.52 Å². The number of amides is 1. The third kappa shape index (κ3) is 3.73. The van der Waals surface area contributed by atoms with Gasteiger partial charge in [0.2, 0.25) is 17.6 Å². The molecule has 6 nitrogen and oxygen atoms in total. The number of halogens is 1. The molecule has 154 valence electrons. The highest BCUT2D eigenvalue weighted by Crippen LogP contribution is 2.30. The Hall–Kier alpha value is -3.06. The molecule has 7 heteroatoms. The molecule has 0 aliphatic carbocycles. The molecule has 3 heterocycles. The van der Waals surface area contributed by atoms with Crippen molar-refractivity contribution in [1.82, 2.24) is 15.0 Å². The highest BCUT2D eigenvalue weighted by atomic mass is 19.1. The Kier molecular flexibility index (Phi) is 5.04. The van der Waals surface area contributed by atoms with Gasteiger partial charge in [-0.3, -0.25) is 9.69 Å². The van der Waals surface area contributed by atoms with Gasteiger partial charge in [-0.2, -0.15) is 4.98 Å². The number of hydrogen-bond acceptors (Lipinski definition) is 5. The standard InChI is InChI=1S/C23H23FN4O2/c24-19-8-3-6-17(13-19)22-25-23(30-26-22)18-7-4-11-27(14-18)15-21(29)28-12-10-16-5-1-2-9-20(16)28/h1-3,5-6,8-9,13,18H,4,7,10-12,14-15H2. The lowest BCUT2D eigenvalue weighted by Gasteiger charge is -2.31. The predicted octanol–water partition coefficient (Wildman–Crippen LogP) is 3.64. The van der Waals surface area contributed by atoms with E-state index in [1.54, 1.807) is 12.1 Å². The molecule has 0 spiro atoms. The van der Waals surface area contributed by atoms with E-state index in [9.17, 15) is 9.18 Å². The van der Waals surface area contributed by atoms with Gasteiger partial charge in [-0.1, -0.05) is 35.5 Å². The highest BCUT2D eigenvalue weighted by Gasteiger charge is 2.30. The summed E-state index contributed by atoms with van der Waals surface area (Å²) in [4.78, 5) is 21.5. The van der Waals surface area contributed by atoms with Crippen molar-refractivity contribution < 1.29 is 13.7 Å². The fourth-order valence-electron chi connectivity index (χ4n) is 4.42. The Morgan fingerprint density at radius 2 is 2.07 bits per heavy atom. The topological polar surface area (TPSA) is 62.5 Å². The van der Waals surface area contributed by atoms with Gasteiger partial charge in [0.15, 0.2) is 0 Å². The van der Waals surface area contributed by atoms with Crippen LogP contribution in [0.25, 0.3) is 11.4 Å². The molecule has 1 fully saturated rings. The molecule has 1 unspecified atom stereocenters. The van der Waals surface area contributed by atoms with Crippen LogP contribution in [-0.4, -0.2) is 47.1 Å². The Bertz CT molecular complexity index is 1070. The van der Waals surface area contributed by atoms with Gasteiger partial charge in [0.1, 0.15) is 5.82 Å². The fraction of sp³-hybridized carbons (Fsp3) is 0.348. The molecule has 0 bridgehead atoms. The SMILES string of the molecule is O=C(CN1CCCC(c2nc(-c3cccc(F)c3)no2)C1)N1CCc2ccccc21. The number of carbonyl (C=O) groups excluding carboxylic acids is 1. The van der Waals surface area contributed by atoms with Gasteiger partial charge in [-0.25, -0.2) is 4.39 Å². The van der Waals surface area contributed by atoms with Gasteiger partial charge >= 0.3 is 0 Å². The molecule has 0 saturated carbocycles. The third-order valence-electron chi connectivity index (χ3n) is 5.93. The number of anilines is 1. The van der Waals surface area contributed by atoms with Crippen LogP contribution >= 0.6 is 0 Å². The van der Waals surface area contributed by atoms with Crippen LogP contribution in [0.5, 0.6) is 0 Å². The summed E-state index contributed by atoms with van der Waals surface area (Å²) in [5, 5.41) is 4.03. The predicted molar refractivity (Wildman–Crippen MR) is 111 cm³/mol. The Morgan fingerprint density at radius 3 is 2.97 bits per heavy atom. The Labute approximate surface area is 174 Å². The van der Waals surface area contributed by atoms with E-state index in [2.05, 4.69) is 21.1 Å². The maximum Gasteiger partial charge on any atom is 0.241 e. The van der Waals surface area contributed by atoms with E-state index in [1.807, 2.05) is 23.1 Å². The number of nitrogens with zero attached hydrogens (tertiary/aromatic N) is 4. The van der Waals surface area contributed by atoms with Gasteiger partial charge < -0.3 is 9.42 Å². The van der Waals surface area contributed by atoms with Crippen LogP contribution in [0.3, 0.4) is 0 Å². The van der Waals surface area contributed by atoms with E-state index in [0.29, 0.717) is 30.4 Å². The number of rotatable bonds is 4. The number of hydrogen-bond donors (Lipinski definition) is 0. The van der Waals surface area contributed by atoms with Crippen LogP contribution in [-0.2, 0) is 11.2 Å². The highest BCUT2D eigenvalue weighted by molar-refractivity contribution is 5.96. The van der Waals surface area contributed by atoms with Gasteiger partial charge in [-0.05, 0) is 49.6 Å². The lowest BCUT2D eigenvalue weighted by atomic mass is 9.98. The smallest absolute Gasteiger partial charge is 0.241 e. The molecule has 2 aliphatic heterocycles. The summed E-state index contributed by atoms with van der Waals surface area (Å²) in [6, 6.07) is 14.3. The van der Waals surface area contributed by atoms with Crippen LogP contribution in [0.15, 0.2) is 53.1 Å². The second-order valence-corrected chi connectivity index (χ2v) is 7.96. The van der Waals surface area contributed by atoms with Crippen LogP contribution < -0.4 is 4.90 Å². The number of fused-ring (bicyclic) bond motifs is 1. The number of carbonyl (C=O) groups is 1. The van der Waals surface area contributed by atoms with E-state index in [1.165, 1.54) is 17.7 Å². The summed E-state index contributed by atoms with van der Waals surface area (Å²) in [5.74, 6) is 0.827. The monoisotopic (exact) mass is 406 g/mol. The van der Waals surface area contributed by atoms with Crippen LogP contribution in [0.1, 0.15) is 30.2 Å². The molecule has 0 radical (unpaired) electrons. The first kappa shape index (κ1) is 18.9. The lowest BCUT2D eigenvalue weighted by molar-refractivity contribution is -0.120. The van der Waals surface area contributed by atoms with Crippen LogP contribution in [0.4, 0.5) is 10.1 Å². The molecule has 2 aromatic carbocycles. The van der Waals surface area contributed by atoms with Gasteiger partial charge in [0, 0.05) is 24.3 Å². The molecule has 3 aromatic rings. The quantitative estimate of drug-likeness (QED) is 0.662. The van der Waals surface area contributed by atoms with E-state index in [0.717, 1.165) is 38.0 Å². The maximum absolute atomic E-state index is 13.5. The van der Waals surface area contributed by atoms with Crippen molar-refractivity contribution >= 4 is 11.6 Å². The first-order valence-corrected chi connectivity index (χ1v) is 10.4. The van der Waals surface area contributed by atoms with Crippen molar-refractivity contribution in [1.29, 1.82) is 0 Å². The summed E-state index contributed by atoms with van der Waals surface area (Å²) in [6.07, 6.45) is 2.81. The molecule has 1 aromatic heterocycles.